The fourth-order valence-corrected chi connectivity index (χ4v) is 0.667. The maximum Gasteiger partial charge on any atom is 0.0762 e. The van der Waals surface area contributed by atoms with E-state index in [1.807, 2.05) is 0 Å². The Morgan fingerprint density at radius 3 is 2.62 bits per heavy atom. The predicted octanol–water partition coefficient (Wildman–Crippen LogP) is 1.33. The highest BCUT2D eigenvalue weighted by Crippen LogP contribution is 1.96. The van der Waals surface area contributed by atoms with E-state index in [9.17, 15) is 0 Å². The highest BCUT2D eigenvalue weighted by Gasteiger charge is 1.95. The molecular weight excluding hydrogens is 102 g/mol. The van der Waals surface area contributed by atoms with Gasteiger partial charge in [0.25, 0.3) is 0 Å². The molecule has 0 aromatic rings. The zero-order chi connectivity index (χ0) is 6.41. The molecule has 0 aromatic carbocycles. The van der Waals surface area contributed by atoms with Gasteiger partial charge in [-0.1, -0.05) is 13.3 Å². The average molecular weight is 117 g/mol. The van der Waals surface area contributed by atoms with Gasteiger partial charge in [-0.2, -0.15) is 0 Å². The first kappa shape index (κ1) is 7.92. The summed E-state index contributed by atoms with van der Waals surface area (Å²) in [5, 5.41) is 0. The molecule has 0 aliphatic carbocycles. The van der Waals surface area contributed by atoms with Gasteiger partial charge in [-0.3, -0.25) is 4.84 Å². The van der Waals surface area contributed by atoms with Gasteiger partial charge >= 0.3 is 0 Å². The lowest BCUT2D eigenvalue weighted by molar-refractivity contribution is -0.00566. The summed E-state index contributed by atoms with van der Waals surface area (Å²) in [6, 6.07) is 0. The molecule has 0 amide bonds. The van der Waals surface area contributed by atoms with Crippen molar-refractivity contribution in [1.82, 2.24) is 5.48 Å². The Balaban J connectivity index is 2.92. The molecule has 0 aromatic heterocycles. The minimum absolute atomic E-state index is 0.352. The number of nitrogens with one attached hydrogen (secondary N) is 1. The van der Waals surface area contributed by atoms with Gasteiger partial charge < -0.3 is 0 Å². The van der Waals surface area contributed by atoms with Crippen molar-refractivity contribution in [2.75, 3.05) is 7.05 Å². The summed E-state index contributed by atoms with van der Waals surface area (Å²) in [6.45, 7) is 4.20. The number of hydrogen-bond acceptors (Lipinski definition) is 2. The molecule has 8 heavy (non-hydrogen) atoms. The van der Waals surface area contributed by atoms with Gasteiger partial charge in [0.05, 0.1) is 6.10 Å². The summed E-state index contributed by atoms with van der Waals surface area (Å²) in [5.74, 6) is 0. The van der Waals surface area contributed by atoms with Crippen molar-refractivity contribution in [3.8, 4) is 0 Å². The third kappa shape index (κ3) is 4.09. The predicted molar refractivity (Wildman–Crippen MR) is 34.5 cm³/mol. The molecule has 0 aliphatic heterocycles. The highest BCUT2D eigenvalue weighted by molar-refractivity contribution is 4.44. The molecule has 2 heteroatoms. The van der Waals surface area contributed by atoms with Crippen molar-refractivity contribution < 1.29 is 4.84 Å². The zero-order valence-electron chi connectivity index (χ0n) is 5.90. The van der Waals surface area contributed by atoms with Gasteiger partial charge in [-0.25, -0.2) is 5.48 Å². The smallest absolute Gasteiger partial charge is 0.0762 e. The maximum absolute atomic E-state index is 5.03. The number of rotatable bonds is 4. The minimum Gasteiger partial charge on any atom is -0.299 e. The molecule has 0 aliphatic rings. The van der Waals surface area contributed by atoms with E-state index < -0.39 is 0 Å². The van der Waals surface area contributed by atoms with Gasteiger partial charge in [0.15, 0.2) is 0 Å². The molecular formula is C6H15NO. The summed E-state index contributed by atoms with van der Waals surface area (Å²) < 4.78 is 0. The van der Waals surface area contributed by atoms with Crippen molar-refractivity contribution in [3.05, 3.63) is 0 Å². The Labute approximate surface area is 51.2 Å². The molecule has 2 nitrogen and oxygen atoms in total. The van der Waals surface area contributed by atoms with Crippen molar-refractivity contribution in [3.63, 3.8) is 0 Å². The van der Waals surface area contributed by atoms with Crippen LogP contribution in [0.4, 0.5) is 0 Å². The zero-order valence-corrected chi connectivity index (χ0v) is 5.90. The molecule has 1 atom stereocenters. The van der Waals surface area contributed by atoms with E-state index in [4.69, 9.17) is 4.84 Å². The normalized spacial score (nSPS) is 13.9. The molecule has 0 saturated heterocycles. The maximum atomic E-state index is 5.03. The Bertz CT molecular complexity index is 41.8. The fraction of sp³-hybridized carbons (Fsp3) is 1.00. The first-order chi connectivity index (χ1) is 3.81. The van der Waals surface area contributed by atoms with Gasteiger partial charge in [-0.15, -0.1) is 0 Å². The summed E-state index contributed by atoms with van der Waals surface area (Å²) in [7, 11) is 1.78. The second-order valence-corrected chi connectivity index (χ2v) is 1.92. The average Bonchev–Trinajstić information content (AvgIpc) is 1.68. The minimum atomic E-state index is 0.352. The van der Waals surface area contributed by atoms with E-state index in [-0.39, 0.29) is 0 Å². The van der Waals surface area contributed by atoms with Crippen LogP contribution >= 0.6 is 0 Å². The molecule has 0 heterocycles. The lowest BCUT2D eigenvalue weighted by Crippen LogP contribution is -2.16. The highest BCUT2D eigenvalue weighted by atomic mass is 16.7. The molecule has 0 rings (SSSR count). The molecule has 0 fully saturated rings. The van der Waals surface area contributed by atoms with Crippen molar-refractivity contribution in [2.24, 2.45) is 0 Å². The summed E-state index contributed by atoms with van der Waals surface area (Å²) in [6.07, 6.45) is 2.66. The van der Waals surface area contributed by atoms with E-state index in [2.05, 4.69) is 19.3 Å². The van der Waals surface area contributed by atoms with Crippen molar-refractivity contribution in [1.29, 1.82) is 0 Å². The van der Waals surface area contributed by atoms with Crippen LogP contribution in [0.3, 0.4) is 0 Å². The molecule has 0 unspecified atom stereocenters. The summed E-state index contributed by atoms with van der Waals surface area (Å²) >= 11 is 0. The standard InChI is InChI=1S/C6H15NO/c1-4-5-6(2)8-7-3/h6-7H,4-5H2,1-3H3/t6-/m0/s1. The fourth-order valence-electron chi connectivity index (χ4n) is 0.667. The quantitative estimate of drug-likeness (QED) is 0.561. The van der Waals surface area contributed by atoms with Crippen LogP contribution in [0.1, 0.15) is 26.7 Å². The first-order valence-corrected chi connectivity index (χ1v) is 3.13. The molecule has 0 radical (unpaired) electrons. The molecule has 0 bridgehead atoms. The van der Waals surface area contributed by atoms with Gasteiger partial charge in [0.2, 0.25) is 0 Å². The van der Waals surface area contributed by atoms with Crippen LogP contribution < -0.4 is 5.48 Å². The largest absolute Gasteiger partial charge is 0.299 e. The van der Waals surface area contributed by atoms with Crippen LogP contribution in [0.15, 0.2) is 0 Å². The second-order valence-electron chi connectivity index (χ2n) is 1.92. The lowest BCUT2D eigenvalue weighted by Gasteiger charge is -2.07. The van der Waals surface area contributed by atoms with Crippen LogP contribution in [-0.4, -0.2) is 13.2 Å². The topological polar surface area (TPSA) is 21.3 Å². The number of hydroxylamine groups is 1. The van der Waals surface area contributed by atoms with E-state index in [0.29, 0.717) is 6.10 Å². The van der Waals surface area contributed by atoms with Gasteiger partial charge in [0, 0.05) is 7.05 Å². The van der Waals surface area contributed by atoms with E-state index in [0.717, 1.165) is 6.42 Å². The molecule has 0 saturated carbocycles. The molecule has 0 spiro atoms. The monoisotopic (exact) mass is 117 g/mol. The van der Waals surface area contributed by atoms with Gasteiger partial charge in [0.1, 0.15) is 0 Å². The molecule has 1 N–H and O–H groups in total. The second kappa shape index (κ2) is 5.06. The Morgan fingerprint density at radius 2 is 2.25 bits per heavy atom. The number of hydrogen-bond donors (Lipinski definition) is 1. The van der Waals surface area contributed by atoms with E-state index in [1.54, 1.807) is 7.05 Å². The Kier molecular flexibility index (Phi) is 5.01. The molecule has 50 valence electrons. The Morgan fingerprint density at radius 1 is 1.62 bits per heavy atom. The first-order valence-electron chi connectivity index (χ1n) is 3.13. The SMILES string of the molecule is CCC[C@H](C)ONC. The van der Waals surface area contributed by atoms with Crippen molar-refractivity contribution in [2.45, 2.75) is 32.8 Å². The van der Waals surface area contributed by atoms with Crippen LogP contribution in [0.2, 0.25) is 0 Å². The third-order valence-corrected chi connectivity index (χ3v) is 1.01. The summed E-state index contributed by atoms with van der Waals surface area (Å²) in [5.41, 5.74) is 2.65. The lowest BCUT2D eigenvalue weighted by atomic mass is 10.2. The van der Waals surface area contributed by atoms with Gasteiger partial charge in [-0.05, 0) is 13.3 Å². The van der Waals surface area contributed by atoms with Crippen LogP contribution in [-0.2, 0) is 4.84 Å². The van der Waals surface area contributed by atoms with Crippen LogP contribution in [0.25, 0.3) is 0 Å². The van der Waals surface area contributed by atoms with Crippen LogP contribution in [0.5, 0.6) is 0 Å². The van der Waals surface area contributed by atoms with E-state index >= 15 is 0 Å². The third-order valence-electron chi connectivity index (χ3n) is 1.01. The van der Waals surface area contributed by atoms with E-state index in [1.165, 1.54) is 6.42 Å². The Hall–Kier alpha value is -0.0800. The van der Waals surface area contributed by atoms with Crippen molar-refractivity contribution >= 4 is 0 Å². The van der Waals surface area contributed by atoms with Crippen LogP contribution in [0, 0.1) is 0 Å². The summed E-state index contributed by atoms with van der Waals surface area (Å²) in [4.78, 5) is 5.03.